The summed E-state index contributed by atoms with van der Waals surface area (Å²) in [6, 6.07) is 1.98. The number of nitrogens with one attached hydrogen (secondary N) is 2. The minimum atomic E-state index is -0.273. The summed E-state index contributed by atoms with van der Waals surface area (Å²) in [6.07, 6.45) is 4.66. The van der Waals surface area contributed by atoms with Crippen molar-refractivity contribution in [3.63, 3.8) is 0 Å². The van der Waals surface area contributed by atoms with Crippen molar-refractivity contribution in [3.8, 4) is 6.07 Å². The molecule has 1 atom stereocenters. The Morgan fingerprint density at radius 2 is 2.23 bits per heavy atom. The van der Waals surface area contributed by atoms with Gasteiger partial charge in [0.1, 0.15) is 12.0 Å². The van der Waals surface area contributed by atoms with Gasteiger partial charge in [-0.15, -0.1) is 0 Å². The van der Waals surface area contributed by atoms with Gasteiger partial charge in [0.25, 0.3) is 0 Å². The molecule has 8 nitrogen and oxygen atoms in total. The second-order valence-electron chi connectivity index (χ2n) is 5.66. The zero-order valence-corrected chi connectivity index (χ0v) is 16.3. The van der Waals surface area contributed by atoms with Crippen molar-refractivity contribution in [3.05, 3.63) is 12.5 Å². The van der Waals surface area contributed by atoms with Crippen LogP contribution in [0, 0.1) is 11.3 Å². The fourth-order valence-corrected chi connectivity index (χ4v) is 2.66. The molecule has 0 saturated carbocycles. The Balaban J connectivity index is 2.75. The Morgan fingerprint density at radius 3 is 2.88 bits per heavy atom. The van der Waals surface area contributed by atoms with Gasteiger partial charge in [-0.3, -0.25) is 4.79 Å². The van der Waals surface area contributed by atoms with Crippen molar-refractivity contribution in [1.29, 1.82) is 5.26 Å². The highest BCUT2D eigenvalue weighted by molar-refractivity contribution is 7.80. The summed E-state index contributed by atoms with van der Waals surface area (Å²) in [5.74, 6) is 0.420. The molecule has 0 aliphatic heterocycles. The van der Waals surface area contributed by atoms with Crippen molar-refractivity contribution < 1.29 is 9.53 Å². The molecule has 0 saturated heterocycles. The number of esters is 1. The van der Waals surface area contributed by atoms with Crippen molar-refractivity contribution >= 4 is 34.8 Å². The van der Waals surface area contributed by atoms with Crippen LogP contribution in [0.3, 0.4) is 0 Å². The van der Waals surface area contributed by atoms with Crippen LogP contribution in [0.15, 0.2) is 12.5 Å². The summed E-state index contributed by atoms with van der Waals surface area (Å²) in [6.45, 7) is 7.39. The molecule has 1 aromatic rings. The van der Waals surface area contributed by atoms with Crippen LogP contribution in [0.4, 0.5) is 11.5 Å². The number of ether oxygens (including phenoxy) is 1. The van der Waals surface area contributed by atoms with Crippen molar-refractivity contribution in [2.24, 2.45) is 0 Å². The van der Waals surface area contributed by atoms with Gasteiger partial charge in [-0.1, -0.05) is 6.92 Å². The molecule has 0 amide bonds. The van der Waals surface area contributed by atoms with E-state index in [1.54, 1.807) is 13.1 Å². The van der Waals surface area contributed by atoms with Gasteiger partial charge < -0.3 is 20.3 Å². The minimum Gasteiger partial charge on any atom is -0.466 e. The zero-order valence-electron chi connectivity index (χ0n) is 15.5. The summed E-state index contributed by atoms with van der Waals surface area (Å²) in [5, 5.41) is 15.4. The van der Waals surface area contributed by atoms with E-state index in [2.05, 4.69) is 33.6 Å². The SMILES string of the molecule is CCCN(CCC#N)c1ncncc1NC(=S)NC(C)CC(=O)OCC. The summed E-state index contributed by atoms with van der Waals surface area (Å²) < 4.78 is 4.93. The van der Waals surface area contributed by atoms with Crippen LogP contribution in [0.25, 0.3) is 0 Å². The van der Waals surface area contributed by atoms with Crippen LogP contribution in [-0.2, 0) is 9.53 Å². The predicted octanol–water partition coefficient (Wildman–Crippen LogP) is 2.23. The van der Waals surface area contributed by atoms with E-state index in [1.165, 1.54) is 6.33 Å². The lowest BCUT2D eigenvalue weighted by Crippen LogP contribution is -2.38. The molecule has 142 valence electrons. The molecule has 0 aliphatic carbocycles. The van der Waals surface area contributed by atoms with Crippen LogP contribution in [0.2, 0.25) is 0 Å². The van der Waals surface area contributed by atoms with E-state index >= 15 is 0 Å². The molecule has 9 heteroatoms. The first-order chi connectivity index (χ1) is 12.5. The number of aromatic nitrogens is 2. The Hall–Kier alpha value is -2.47. The largest absolute Gasteiger partial charge is 0.466 e. The van der Waals surface area contributed by atoms with Gasteiger partial charge in [0.15, 0.2) is 10.9 Å². The maximum absolute atomic E-state index is 11.5. The average molecular weight is 379 g/mol. The molecule has 0 aliphatic rings. The van der Waals surface area contributed by atoms with Gasteiger partial charge in [0.2, 0.25) is 0 Å². The first kappa shape index (κ1) is 21.6. The molecule has 1 unspecified atom stereocenters. The molecule has 26 heavy (non-hydrogen) atoms. The molecule has 0 bridgehead atoms. The number of hydrogen-bond donors (Lipinski definition) is 2. The lowest BCUT2D eigenvalue weighted by Gasteiger charge is -2.25. The number of anilines is 2. The second kappa shape index (κ2) is 12.0. The van der Waals surface area contributed by atoms with E-state index < -0.39 is 0 Å². The topological polar surface area (TPSA) is 103 Å². The fraction of sp³-hybridized carbons (Fsp3) is 0.588. The number of nitriles is 1. The van der Waals surface area contributed by atoms with E-state index in [1.807, 2.05) is 11.8 Å². The van der Waals surface area contributed by atoms with Crippen molar-refractivity contribution in [2.75, 3.05) is 29.9 Å². The summed E-state index contributed by atoms with van der Waals surface area (Å²) in [4.78, 5) is 21.9. The normalized spacial score (nSPS) is 11.2. The third-order valence-corrected chi connectivity index (χ3v) is 3.60. The highest BCUT2D eigenvalue weighted by Crippen LogP contribution is 2.22. The first-order valence-electron chi connectivity index (χ1n) is 8.66. The molecule has 1 aromatic heterocycles. The Bertz CT molecular complexity index is 634. The highest BCUT2D eigenvalue weighted by atomic mass is 32.1. The highest BCUT2D eigenvalue weighted by Gasteiger charge is 2.15. The standard InChI is InChI=1S/C17H26N6O2S/c1-4-8-23(9-6-7-18)16-14(11-19-12-20-16)22-17(26)21-13(3)10-15(24)25-5-2/h11-13H,4-6,8-10H2,1-3H3,(H2,21,22,26). The molecule has 2 N–H and O–H groups in total. The molecule has 0 radical (unpaired) electrons. The summed E-state index contributed by atoms with van der Waals surface area (Å²) >= 11 is 5.33. The van der Waals surface area contributed by atoms with E-state index in [9.17, 15) is 4.79 Å². The van der Waals surface area contributed by atoms with Crippen molar-refractivity contribution in [1.82, 2.24) is 15.3 Å². The number of carbonyl (C=O) groups is 1. The van der Waals surface area contributed by atoms with Gasteiger partial charge in [-0.2, -0.15) is 5.26 Å². The molecular formula is C17H26N6O2S. The van der Waals surface area contributed by atoms with Crippen LogP contribution in [0.5, 0.6) is 0 Å². The smallest absolute Gasteiger partial charge is 0.307 e. The van der Waals surface area contributed by atoms with Crippen LogP contribution >= 0.6 is 12.2 Å². The van der Waals surface area contributed by atoms with Crippen LogP contribution in [-0.4, -0.2) is 46.8 Å². The molecule has 1 rings (SSSR count). The first-order valence-corrected chi connectivity index (χ1v) is 9.07. The minimum absolute atomic E-state index is 0.174. The molecule has 0 aromatic carbocycles. The summed E-state index contributed by atoms with van der Waals surface area (Å²) in [7, 11) is 0. The van der Waals surface area contributed by atoms with Gasteiger partial charge in [0, 0.05) is 19.1 Å². The second-order valence-corrected chi connectivity index (χ2v) is 6.07. The third kappa shape index (κ3) is 7.61. The van der Waals surface area contributed by atoms with E-state index in [4.69, 9.17) is 22.2 Å². The molecule has 0 spiro atoms. The quantitative estimate of drug-likeness (QED) is 0.468. The van der Waals surface area contributed by atoms with Gasteiger partial charge >= 0.3 is 5.97 Å². The van der Waals surface area contributed by atoms with Gasteiger partial charge in [-0.05, 0) is 32.5 Å². The Labute approximate surface area is 160 Å². The summed E-state index contributed by atoms with van der Waals surface area (Å²) in [5.41, 5.74) is 0.653. The maximum atomic E-state index is 11.5. The van der Waals surface area contributed by atoms with E-state index in [0.29, 0.717) is 36.2 Å². The Kier molecular flexibility index (Phi) is 9.94. The lowest BCUT2D eigenvalue weighted by atomic mass is 10.2. The van der Waals surface area contributed by atoms with Gasteiger partial charge in [0.05, 0.1) is 31.7 Å². The van der Waals surface area contributed by atoms with Gasteiger partial charge in [-0.25, -0.2) is 9.97 Å². The number of nitrogens with zero attached hydrogens (tertiary/aromatic N) is 4. The number of carbonyl (C=O) groups excluding carboxylic acids is 1. The van der Waals surface area contributed by atoms with Crippen LogP contribution in [0.1, 0.15) is 40.0 Å². The average Bonchev–Trinajstić information content (AvgIpc) is 2.59. The molecule has 1 heterocycles. The fourth-order valence-electron chi connectivity index (χ4n) is 2.34. The number of rotatable bonds is 10. The zero-order chi connectivity index (χ0) is 19.4. The lowest BCUT2D eigenvalue weighted by molar-refractivity contribution is -0.143. The molecule has 0 fully saturated rings. The number of hydrogen-bond acceptors (Lipinski definition) is 7. The maximum Gasteiger partial charge on any atom is 0.307 e. The van der Waals surface area contributed by atoms with Crippen molar-refractivity contribution in [2.45, 2.75) is 46.1 Å². The Morgan fingerprint density at radius 1 is 1.46 bits per heavy atom. The van der Waals surface area contributed by atoms with Crippen LogP contribution < -0.4 is 15.5 Å². The third-order valence-electron chi connectivity index (χ3n) is 3.38. The van der Waals surface area contributed by atoms with E-state index in [-0.39, 0.29) is 18.4 Å². The molecular weight excluding hydrogens is 352 g/mol. The monoisotopic (exact) mass is 378 g/mol. The van der Waals surface area contributed by atoms with E-state index in [0.717, 1.165) is 13.0 Å². The number of thiocarbonyl (C=S) groups is 1. The predicted molar refractivity (Wildman–Crippen MR) is 105 cm³/mol.